The molecular formula is C21H30FNO5. The third-order valence-corrected chi connectivity index (χ3v) is 4.19. The van der Waals surface area contributed by atoms with Crippen LogP contribution in [0.4, 0.5) is 14.0 Å². The van der Waals surface area contributed by atoms with Crippen molar-refractivity contribution in [1.82, 2.24) is 5.06 Å². The highest BCUT2D eigenvalue weighted by Gasteiger charge is 2.38. The lowest BCUT2D eigenvalue weighted by Gasteiger charge is -2.30. The van der Waals surface area contributed by atoms with Crippen molar-refractivity contribution in [3.05, 3.63) is 35.6 Å². The number of halogens is 1. The van der Waals surface area contributed by atoms with E-state index in [1.54, 1.807) is 47.6 Å². The maximum absolute atomic E-state index is 13.5. The zero-order valence-electron chi connectivity index (χ0n) is 17.5. The van der Waals surface area contributed by atoms with Gasteiger partial charge in [0.25, 0.3) is 0 Å². The summed E-state index contributed by atoms with van der Waals surface area (Å²) in [4.78, 5) is 30.1. The molecule has 2 atom stereocenters. The highest BCUT2D eigenvalue weighted by molar-refractivity contribution is 5.70. The minimum absolute atomic E-state index is 0.0628. The molecule has 0 spiro atoms. The second kappa shape index (κ2) is 8.37. The Hall–Kier alpha value is -2.31. The molecular weight excluding hydrogens is 365 g/mol. The fraction of sp³-hybridized carbons (Fsp3) is 0.619. The lowest BCUT2D eigenvalue weighted by Crippen LogP contribution is -2.44. The van der Waals surface area contributed by atoms with Crippen LogP contribution >= 0.6 is 0 Å². The van der Waals surface area contributed by atoms with Gasteiger partial charge < -0.3 is 9.47 Å². The number of nitrogens with zero attached hydrogens (tertiary/aromatic N) is 1. The Labute approximate surface area is 165 Å². The predicted molar refractivity (Wildman–Crippen MR) is 102 cm³/mol. The summed E-state index contributed by atoms with van der Waals surface area (Å²) in [5.74, 6) is -0.233. The van der Waals surface area contributed by atoms with Crippen molar-refractivity contribution in [3.63, 3.8) is 0 Å². The van der Waals surface area contributed by atoms with E-state index in [1.165, 1.54) is 12.1 Å². The first-order chi connectivity index (χ1) is 12.8. The molecule has 1 aliphatic carbocycles. The van der Waals surface area contributed by atoms with Gasteiger partial charge in [-0.3, -0.25) is 4.84 Å². The van der Waals surface area contributed by atoms with Crippen LogP contribution in [0.25, 0.3) is 0 Å². The molecule has 2 rings (SSSR count). The average Bonchev–Trinajstić information content (AvgIpc) is 2.98. The van der Waals surface area contributed by atoms with Crippen LogP contribution in [-0.2, 0) is 14.3 Å². The van der Waals surface area contributed by atoms with E-state index in [4.69, 9.17) is 14.3 Å². The standard InChI is InChI=1S/C21H30FNO5/c1-20(2,3)26-18(24)23(28-19(25)27-21(4,5)6)17-11-10-15(13-17)14-8-7-9-16(22)12-14/h7-9,12,15,17H,10-11,13H2,1-6H3/t15-,17+/m1/s1. The van der Waals surface area contributed by atoms with Crippen LogP contribution in [0.2, 0.25) is 0 Å². The van der Waals surface area contributed by atoms with E-state index < -0.39 is 23.5 Å². The van der Waals surface area contributed by atoms with E-state index in [0.717, 1.165) is 17.0 Å². The van der Waals surface area contributed by atoms with Crippen LogP contribution in [0.15, 0.2) is 24.3 Å². The van der Waals surface area contributed by atoms with Crippen molar-refractivity contribution in [1.29, 1.82) is 0 Å². The molecule has 0 aromatic heterocycles. The molecule has 1 saturated carbocycles. The SMILES string of the molecule is CC(C)(C)OC(=O)ON(C(=O)OC(C)(C)C)[C@H]1CC[C@@H](c2cccc(F)c2)C1. The first-order valence-corrected chi connectivity index (χ1v) is 9.53. The third kappa shape index (κ3) is 6.69. The highest BCUT2D eigenvalue weighted by atomic mass is 19.1. The monoisotopic (exact) mass is 395 g/mol. The topological polar surface area (TPSA) is 65.1 Å². The van der Waals surface area contributed by atoms with E-state index in [0.29, 0.717) is 12.8 Å². The van der Waals surface area contributed by atoms with Crippen LogP contribution in [0.5, 0.6) is 0 Å². The van der Waals surface area contributed by atoms with E-state index >= 15 is 0 Å². The molecule has 1 fully saturated rings. The Morgan fingerprint density at radius 1 is 1.04 bits per heavy atom. The molecule has 1 amide bonds. The molecule has 1 aliphatic rings. The van der Waals surface area contributed by atoms with Gasteiger partial charge in [0, 0.05) is 0 Å². The zero-order valence-corrected chi connectivity index (χ0v) is 17.5. The van der Waals surface area contributed by atoms with Crippen molar-refractivity contribution >= 4 is 12.2 Å². The molecule has 0 saturated heterocycles. The molecule has 156 valence electrons. The van der Waals surface area contributed by atoms with Gasteiger partial charge >= 0.3 is 12.2 Å². The Kier molecular flexibility index (Phi) is 6.57. The summed E-state index contributed by atoms with van der Waals surface area (Å²) < 4.78 is 24.1. The minimum Gasteiger partial charge on any atom is -0.442 e. The Morgan fingerprint density at radius 2 is 1.68 bits per heavy atom. The molecule has 0 N–H and O–H groups in total. The van der Waals surface area contributed by atoms with Crippen LogP contribution in [0.1, 0.15) is 72.3 Å². The fourth-order valence-electron chi connectivity index (χ4n) is 3.15. The highest BCUT2D eigenvalue weighted by Crippen LogP contribution is 2.37. The number of carbonyl (C=O) groups excluding carboxylic acids is 2. The van der Waals surface area contributed by atoms with Gasteiger partial charge in [-0.25, -0.2) is 14.0 Å². The molecule has 1 aromatic rings. The van der Waals surface area contributed by atoms with Gasteiger partial charge in [-0.1, -0.05) is 12.1 Å². The van der Waals surface area contributed by atoms with Gasteiger partial charge in [0.2, 0.25) is 0 Å². The van der Waals surface area contributed by atoms with Crippen LogP contribution in [0.3, 0.4) is 0 Å². The first kappa shape index (κ1) is 22.0. The largest absolute Gasteiger partial charge is 0.534 e. The number of carbonyl (C=O) groups is 2. The number of amides is 1. The van der Waals surface area contributed by atoms with Crippen molar-refractivity contribution in [2.24, 2.45) is 0 Å². The van der Waals surface area contributed by atoms with E-state index in [1.807, 2.05) is 6.07 Å². The maximum atomic E-state index is 13.5. The van der Waals surface area contributed by atoms with Gasteiger partial charge in [0.15, 0.2) is 0 Å². The minimum atomic E-state index is -0.965. The quantitative estimate of drug-likeness (QED) is 0.484. The summed E-state index contributed by atoms with van der Waals surface area (Å²) >= 11 is 0. The molecule has 7 heteroatoms. The van der Waals surface area contributed by atoms with Crippen LogP contribution < -0.4 is 0 Å². The van der Waals surface area contributed by atoms with E-state index in [9.17, 15) is 14.0 Å². The number of hydrogen-bond acceptors (Lipinski definition) is 5. The number of hydrogen-bond donors (Lipinski definition) is 0. The number of hydroxylamine groups is 2. The second-order valence-electron chi connectivity index (χ2n) is 9.08. The average molecular weight is 395 g/mol. The Balaban J connectivity index is 2.14. The van der Waals surface area contributed by atoms with Crippen molar-refractivity contribution < 1.29 is 28.3 Å². The maximum Gasteiger partial charge on any atom is 0.534 e. The lowest BCUT2D eigenvalue weighted by atomic mass is 9.97. The second-order valence-corrected chi connectivity index (χ2v) is 9.08. The normalized spacial score (nSPS) is 19.8. The van der Waals surface area contributed by atoms with Gasteiger partial charge in [0.1, 0.15) is 17.0 Å². The number of ether oxygens (including phenoxy) is 2. The Bertz CT molecular complexity index is 707. The van der Waals surface area contributed by atoms with Crippen LogP contribution in [0, 0.1) is 5.82 Å². The lowest BCUT2D eigenvalue weighted by molar-refractivity contribution is -0.154. The van der Waals surface area contributed by atoms with Crippen molar-refractivity contribution in [2.75, 3.05) is 0 Å². The molecule has 6 nitrogen and oxygen atoms in total. The van der Waals surface area contributed by atoms with Crippen LogP contribution in [-0.4, -0.2) is 34.6 Å². The fourth-order valence-corrected chi connectivity index (χ4v) is 3.15. The molecule has 0 heterocycles. The van der Waals surface area contributed by atoms with Crippen molar-refractivity contribution in [3.8, 4) is 0 Å². The molecule has 0 radical (unpaired) electrons. The molecule has 0 bridgehead atoms. The first-order valence-electron chi connectivity index (χ1n) is 9.53. The Morgan fingerprint density at radius 3 is 2.25 bits per heavy atom. The van der Waals surface area contributed by atoms with Gasteiger partial charge in [-0.15, -0.1) is 5.06 Å². The summed E-state index contributed by atoms with van der Waals surface area (Å²) in [5.41, 5.74) is -0.632. The molecule has 28 heavy (non-hydrogen) atoms. The molecule has 0 unspecified atom stereocenters. The summed E-state index contributed by atoms with van der Waals surface area (Å²) in [6, 6.07) is 6.05. The van der Waals surface area contributed by atoms with Gasteiger partial charge in [0.05, 0.1) is 6.04 Å². The molecule has 1 aromatic carbocycles. The van der Waals surface area contributed by atoms with Gasteiger partial charge in [-0.2, -0.15) is 0 Å². The number of rotatable bonds is 2. The van der Waals surface area contributed by atoms with Gasteiger partial charge in [-0.05, 0) is 84.4 Å². The number of benzene rings is 1. The molecule has 0 aliphatic heterocycles. The summed E-state index contributed by atoms with van der Waals surface area (Å²) in [6.45, 7) is 10.3. The third-order valence-electron chi connectivity index (χ3n) is 4.19. The smallest absolute Gasteiger partial charge is 0.442 e. The van der Waals surface area contributed by atoms with E-state index in [2.05, 4.69) is 0 Å². The zero-order chi connectivity index (χ0) is 21.1. The summed E-state index contributed by atoms with van der Waals surface area (Å²) in [7, 11) is 0. The summed E-state index contributed by atoms with van der Waals surface area (Å²) in [5, 5.41) is 0.971. The van der Waals surface area contributed by atoms with Crippen molar-refractivity contribution in [2.45, 2.75) is 84.0 Å². The van der Waals surface area contributed by atoms with E-state index in [-0.39, 0.29) is 17.8 Å². The summed E-state index contributed by atoms with van der Waals surface area (Å²) in [6.07, 6.45) is 0.163. The predicted octanol–water partition coefficient (Wildman–Crippen LogP) is 5.57.